The molecule has 0 fully saturated rings. The van der Waals surface area contributed by atoms with Crippen LogP contribution in [0.5, 0.6) is 0 Å². The second kappa shape index (κ2) is 7.62. The second-order valence-electron chi connectivity index (χ2n) is 10.4. The Balaban J connectivity index is 2.38. The van der Waals surface area contributed by atoms with E-state index in [2.05, 4.69) is 130 Å². The average Bonchev–Trinajstić information content (AvgIpc) is 3.08. The van der Waals surface area contributed by atoms with Gasteiger partial charge in [0.25, 0.3) is 0 Å². The lowest BCUT2D eigenvalue weighted by molar-refractivity contribution is 0.354. The van der Waals surface area contributed by atoms with Crippen LogP contribution in [0.2, 0.25) is 24.7 Å². The highest BCUT2D eigenvalue weighted by Crippen LogP contribution is 2.51. The molecule has 0 heterocycles. The number of hydrogen-bond donors (Lipinski definition) is 1. The molecule has 0 unspecified atom stereocenters. The van der Waals surface area contributed by atoms with Crippen molar-refractivity contribution in [2.45, 2.75) is 51.9 Å². The zero-order valence-electron chi connectivity index (χ0n) is 18.3. The van der Waals surface area contributed by atoms with E-state index in [9.17, 15) is 0 Å². The molecule has 1 nitrogen and oxygen atoms in total. The molecule has 0 aliphatic heterocycles. The molecule has 0 aromatic heterocycles. The molecule has 0 saturated heterocycles. The predicted molar refractivity (Wildman–Crippen MR) is 129 cm³/mol. The van der Waals surface area contributed by atoms with E-state index in [1.54, 1.807) is 0 Å². The monoisotopic (exact) mass is 405 g/mol. The van der Waals surface area contributed by atoms with Gasteiger partial charge in [-0.2, -0.15) is 0 Å². The van der Waals surface area contributed by atoms with Crippen LogP contribution in [0.15, 0.2) is 85.0 Å². The average molecular weight is 406 g/mol. The van der Waals surface area contributed by atoms with Crippen molar-refractivity contribution in [3.05, 3.63) is 85.0 Å². The number of rotatable bonds is 6. The van der Waals surface area contributed by atoms with Crippen LogP contribution in [0.4, 0.5) is 0 Å². The number of nitrogens with one attached hydrogen (secondary N) is 1. The minimum absolute atomic E-state index is 0.00817. The molecule has 0 amide bonds. The van der Waals surface area contributed by atoms with E-state index in [0.717, 1.165) is 6.42 Å². The van der Waals surface area contributed by atoms with E-state index in [1.165, 1.54) is 10.4 Å². The molecule has 1 aliphatic rings. The van der Waals surface area contributed by atoms with Crippen molar-refractivity contribution < 1.29 is 0 Å². The van der Waals surface area contributed by atoms with Crippen LogP contribution in [0.3, 0.4) is 0 Å². The van der Waals surface area contributed by atoms with Crippen molar-refractivity contribution in [2.75, 3.05) is 0 Å². The zero-order chi connectivity index (χ0) is 20.5. The molecule has 2 aromatic rings. The van der Waals surface area contributed by atoms with Crippen LogP contribution in [-0.4, -0.2) is 16.5 Å². The second-order valence-corrected chi connectivity index (χ2v) is 19.4. The Morgan fingerprint density at radius 1 is 0.750 bits per heavy atom. The van der Waals surface area contributed by atoms with Crippen molar-refractivity contribution in [3.8, 4) is 0 Å². The first kappa shape index (κ1) is 21.0. The Morgan fingerprint density at radius 3 is 1.54 bits per heavy atom. The van der Waals surface area contributed by atoms with E-state index in [0.29, 0.717) is 0 Å². The molecule has 3 heteroatoms. The van der Waals surface area contributed by atoms with Crippen LogP contribution >= 0.6 is 0 Å². The van der Waals surface area contributed by atoms with E-state index in [-0.39, 0.29) is 10.5 Å². The van der Waals surface area contributed by atoms with E-state index in [4.69, 9.17) is 0 Å². The van der Waals surface area contributed by atoms with Gasteiger partial charge in [-0.15, -0.1) is 0 Å². The van der Waals surface area contributed by atoms with Crippen molar-refractivity contribution >= 4 is 26.8 Å². The fourth-order valence-electron chi connectivity index (χ4n) is 4.79. The Hall–Kier alpha value is -1.69. The first-order chi connectivity index (χ1) is 13.1. The molecule has 1 N–H and O–H groups in total. The first-order valence-corrected chi connectivity index (χ1v) is 15.9. The summed E-state index contributed by atoms with van der Waals surface area (Å²) < 4.78 is 4.38. The predicted octanol–water partition coefficient (Wildman–Crippen LogP) is 5.47. The quantitative estimate of drug-likeness (QED) is 0.628. The molecule has 3 rings (SSSR count). The molecule has 1 aliphatic carbocycles. The van der Waals surface area contributed by atoms with Gasteiger partial charge in [0.05, 0.1) is 0 Å². The Labute approximate surface area is 173 Å². The highest BCUT2D eigenvalue weighted by molar-refractivity contribution is 7.09. The smallest absolute Gasteiger partial charge is 0.197 e. The molecule has 0 spiro atoms. The van der Waals surface area contributed by atoms with Gasteiger partial charge < -0.3 is 4.65 Å². The number of allylic oxidation sites excluding steroid dienone is 4. The van der Waals surface area contributed by atoms with Crippen molar-refractivity contribution in [2.24, 2.45) is 5.41 Å². The standard InChI is InChI=1S/C25H35NSi2/c1-24(2,3)21-25(19-13-14-20-25)28(26-27(4,5)6,22-15-9-7-10-16-22)23-17-11-8-12-18-23/h7-20,26H,21H2,1-6H3. The minimum atomic E-state index is -2.37. The molecular formula is C25H35NSi2. The number of benzene rings is 2. The molecule has 0 atom stereocenters. The minimum Gasteiger partial charge on any atom is -0.352 e. The summed E-state index contributed by atoms with van der Waals surface area (Å²) in [5.41, 5.74) is 0.224. The van der Waals surface area contributed by atoms with Crippen LogP contribution in [-0.2, 0) is 0 Å². The topological polar surface area (TPSA) is 12.0 Å². The fraction of sp³-hybridized carbons (Fsp3) is 0.360. The third-order valence-corrected chi connectivity index (χ3v) is 14.2. The molecular weight excluding hydrogens is 370 g/mol. The Morgan fingerprint density at radius 2 is 1.18 bits per heavy atom. The molecule has 2 aromatic carbocycles. The summed E-state index contributed by atoms with van der Waals surface area (Å²) >= 11 is 0. The molecule has 148 valence electrons. The van der Waals surface area contributed by atoms with Gasteiger partial charge in [0.2, 0.25) is 0 Å². The summed E-state index contributed by atoms with van der Waals surface area (Å²) in [5.74, 6) is 0. The maximum atomic E-state index is 4.38. The fourth-order valence-corrected chi connectivity index (χ4v) is 15.7. The van der Waals surface area contributed by atoms with Crippen LogP contribution in [0.25, 0.3) is 0 Å². The van der Waals surface area contributed by atoms with Crippen LogP contribution in [0.1, 0.15) is 27.2 Å². The normalized spacial score (nSPS) is 16.5. The Bertz CT molecular complexity index is 788. The summed E-state index contributed by atoms with van der Waals surface area (Å²) in [4.78, 5) is 0. The summed E-state index contributed by atoms with van der Waals surface area (Å²) in [6.07, 6.45) is 10.7. The molecule has 0 radical (unpaired) electrons. The van der Waals surface area contributed by atoms with Crippen molar-refractivity contribution in [3.63, 3.8) is 0 Å². The summed E-state index contributed by atoms with van der Waals surface area (Å²) in [7, 11) is -3.98. The maximum Gasteiger partial charge on any atom is 0.197 e. The van der Waals surface area contributed by atoms with Gasteiger partial charge in [-0.3, -0.25) is 0 Å². The molecule has 0 saturated carbocycles. The maximum absolute atomic E-state index is 4.38. The molecule has 28 heavy (non-hydrogen) atoms. The van der Waals surface area contributed by atoms with Gasteiger partial charge in [0, 0.05) is 5.04 Å². The van der Waals surface area contributed by atoms with Crippen LogP contribution in [0, 0.1) is 5.41 Å². The van der Waals surface area contributed by atoms with Gasteiger partial charge in [0.15, 0.2) is 8.24 Å². The van der Waals surface area contributed by atoms with Gasteiger partial charge in [0.1, 0.15) is 8.24 Å². The lowest BCUT2D eigenvalue weighted by Gasteiger charge is -2.51. The lowest BCUT2D eigenvalue weighted by Crippen LogP contribution is -2.79. The van der Waals surface area contributed by atoms with Gasteiger partial charge >= 0.3 is 0 Å². The zero-order valence-corrected chi connectivity index (χ0v) is 20.3. The van der Waals surface area contributed by atoms with Crippen molar-refractivity contribution in [1.29, 1.82) is 0 Å². The lowest BCUT2D eigenvalue weighted by atomic mass is 9.84. The van der Waals surface area contributed by atoms with Crippen LogP contribution < -0.4 is 15.0 Å². The van der Waals surface area contributed by atoms with Gasteiger partial charge in [-0.1, -0.05) is 125 Å². The Kier molecular flexibility index (Phi) is 5.72. The third kappa shape index (κ3) is 4.17. The van der Waals surface area contributed by atoms with Gasteiger partial charge in [-0.05, 0) is 22.2 Å². The highest BCUT2D eigenvalue weighted by atomic mass is 28.4. The van der Waals surface area contributed by atoms with E-state index < -0.39 is 16.5 Å². The van der Waals surface area contributed by atoms with Crippen molar-refractivity contribution in [1.82, 2.24) is 4.65 Å². The van der Waals surface area contributed by atoms with Gasteiger partial charge in [-0.25, -0.2) is 0 Å². The summed E-state index contributed by atoms with van der Waals surface area (Å²) in [6, 6.07) is 22.5. The van der Waals surface area contributed by atoms with E-state index in [1.807, 2.05) is 0 Å². The largest absolute Gasteiger partial charge is 0.352 e. The van der Waals surface area contributed by atoms with E-state index >= 15 is 0 Å². The first-order valence-electron chi connectivity index (χ1n) is 10.4. The third-order valence-electron chi connectivity index (χ3n) is 5.40. The SMILES string of the molecule is CC(C)(C)CC1([Si](N[Si](C)(C)C)(c2ccccc2)c2ccccc2)C=CC=C1. The molecule has 0 bridgehead atoms. The highest BCUT2D eigenvalue weighted by Gasteiger charge is 2.56. The number of hydrogen-bond acceptors (Lipinski definition) is 1. The summed E-state index contributed by atoms with van der Waals surface area (Å²) in [6.45, 7) is 14.4. The summed E-state index contributed by atoms with van der Waals surface area (Å²) in [5, 5.41) is 2.96.